The summed E-state index contributed by atoms with van der Waals surface area (Å²) in [6, 6.07) is 17.7. The third kappa shape index (κ3) is 2.78. The van der Waals surface area contributed by atoms with Gasteiger partial charge in [0.1, 0.15) is 0 Å². The number of aliphatic imine (C=N–C) groups is 1. The first-order valence-corrected chi connectivity index (χ1v) is 9.33. The van der Waals surface area contributed by atoms with Crippen molar-refractivity contribution in [3.8, 4) is 6.07 Å². The molecule has 1 unspecified atom stereocenters. The highest BCUT2D eigenvalue weighted by Gasteiger charge is 2.49. The Hall–Kier alpha value is -3.39. The Kier molecular flexibility index (Phi) is 4.27. The topological polar surface area (TPSA) is 82.5 Å². The van der Waals surface area contributed by atoms with Crippen LogP contribution < -0.4 is 5.73 Å². The van der Waals surface area contributed by atoms with Crippen LogP contribution in [0, 0.1) is 23.2 Å². The average molecular weight is 370 g/mol. The second kappa shape index (κ2) is 6.65. The van der Waals surface area contributed by atoms with Crippen molar-refractivity contribution >= 4 is 17.9 Å². The number of carbonyl (C=O) groups is 1. The van der Waals surface area contributed by atoms with E-state index in [2.05, 4.69) is 30.4 Å². The summed E-state index contributed by atoms with van der Waals surface area (Å²) in [4.78, 5) is 19.6. The summed E-state index contributed by atoms with van der Waals surface area (Å²) in [7, 11) is 1.67. The first-order chi connectivity index (χ1) is 13.4. The lowest BCUT2D eigenvalue weighted by atomic mass is 9.68. The number of nitrogens with zero attached hydrogens (tertiary/aromatic N) is 3. The molecule has 1 aliphatic carbocycles. The molecule has 1 heterocycles. The van der Waals surface area contributed by atoms with Crippen LogP contribution >= 0.6 is 0 Å². The number of hydrogen-bond donors (Lipinski definition) is 1. The zero-order valence-corrected chi connectivity index (χ0v) is 16.0. The van der Waals surface area contributed by atoms with E-state index in [1.54, 1.807) is 13.1 Å². The van der Waals surface area contributed by atoms with E-state index in [9.17, 15) is 10.1 Å². The third-order valence-electron chi connectivity index (χ3n) is 5.93. The van der Waals surface area contributed by atoms with E-state index in [1.165, 1.54) is 16.0 Å². The lowest BCUT2D eigenvalue weighted by Gasteiger charge is -2.44. The summed E-state index contributed by atoms with van der Waals surface area (Å²) in [5, 5.41) is 9.32. The van der Waals surface area contributed by atoms with E-state index in [1.807, 2.05) is 37.3 Å². The molecule has 5 heteroatoms. The molecule has 2 aliphatic rings. The molecule has 0 spiro atoms. The fraction of sp³-hybridized carbons (Fsp3) is 0.261. The number of allylic oxidation sites excluding steroid dienone is 1. The molecule has 5 nitrogen and oxygen atoms in total. The normalized spacial score (nSPS) is 26.4. The van der Waals surface area contributed by atoms with Gasteiger partial charge in [-0.3, -0.25) is 9.69 Å². The van der Waals surface area contributed by atoms with Crippen LogP contribution in [0.3, 0.4) is 0 Å². The standard InChI is InChI=1S/C23H22N4O/c1-23(19-9-5-6-15(12-19)14-24)20(21(28)27(2)22(25)26-23)18-11-10-16-7-3-4-8-17(16)13-18/h3-12,18,20H,13H2,1-2H3,(H2,25,26)/t18?,20-,23-/m1/s1. The molecule has 0 saturated heterocycles. The van der Waals surface area contributed by atoms with Crippen LogP contribution in [0.4, 0.5) is 0 Å². The van der Waals surface area contributed by atoms with Gasteiger partial charge in [-0.1, -0.05) is 48.6 Å². The predicted octanol–water partition coefficient (Wildman–Crippen LogP) is 3.06. The number of amides is 1. The lowest BCUT2D eigenvalue weighted by molar-refractivity contribution is -0.135. The summed E-state index contributed by atoms with van der Waals surface area (Å²) < 4.78 is 0. The Morgan fingerprint density at radius 2 is 2.04 bits per heavy atom. The number of benzene rings is 2. The lowest BCUT2D eigenvalue weighted by Crippen LogP contribution is -2.56. The van der Waals surface area contributed by atoms with E-state index in [4.69, 9.17) is 10.7 Å². The van der Waals surface area contributed by atoms with Crippen molar-refractivity contribution in [2.45, 2.75) is 18.9 Å². The zero-order valence-electron chi connectivity index (χ0n) is 16.0. The fourth-order valence-corrected chi connectivity index (χ4v) is 4.35. The Labute approximate surface area is 164 Å². The number of carbonyl (C=O) groups excluding carboxylic acids is 1. The minimum absolute atomic E-state index is 0.0163. The average Bonchev–Trinajstić information content (AvgIpc) is 2.72. The number of fused-ring (bicyclic) bond motifs is 1. The van der Waals surface area contributed by atoms with Gasteiger partial charge in [0.05, 0.1) is 23.1 Å². The summed E-state index contributed by atoms with van der Waals surface area (Å²) in [6.07, 6.45) is 4.96. The maximum Gasteiger partial charge on any atom is 0.235 e. The molecule has 0 bridgehead atoms. The highest BCUT2D eigenvalue weighted by molar-refractivity contribution is 6.00. The molecular weight excluding hydrogens is 348 g/mol. The first kappa shape index (κ1) is 18.0. The van der Waals surface area contributed by atoms with Crippen LogP contribution in [0.25, 0.3) is 6.08 Å². The quantitative estimate of drug-likeness (QED) is 0.882. The van der Waals surface area contributed by atoms with E-state index in [-0.39, 0.29) is 17.8 Å². The second-order valence-corrected chi connectivity index (χ2v) is 7.61. The van der Waals surface area contributed by atoms with Gasteiger partial charge in [0, 0.05) is 7.05 Å². The van der Waals surface area contributed by atoms with Crippen molar-refractivity contribution < 1.29 is 4.79 Å². The Morgan fingerprint density at radius 1 is 1.25 bits per heavy atom. The van der Waals surface area contributed by atoms with Crippen LogP contribution in [0.15, 0.2) is 59.6 Å². The summed E-state index contributed by atoms with van der Waals surface area (Å²) >= 11 is 0. The predicted molar refractivity (Wildman–Crippen MR) is 109 cm³/mol. The van der Waals surface area contributed by atoms with Crippen molar-refractivity contribution in [2.75, 3.05) is 7.05 Å². The molecule has 4 rings (SSSR count). The van der Waals surface area contributed by atoms with Crippen LogP contribution in [-0.2, 0) is 16.8 Å². The molecular formula is C23H22N4O. The van der Waals surface area contributed by atoms with E-state index in [0.717, 1.165) is 12.0 Å². The van der Waals surface area contributed by atoms with Gasteiger partial charge in [0.2, 0.25) is 5.91 Å². The largest absolute Gasteiger partial charge is 0.369 e. The highest BCUT2D eigenvalue weighted by Crippen LogP contribution is 2.44. The molecule has 140 valence electrons. The maximum atomic E-state index is 13.4. The molecule has 2 aromatic carbocycles. The molecule has 1 aliphatic heterocycles. The third-order valence-corrected chi connectivity index (χ3v) is 5.93. The maximum absolute atomic E-state index is 13.4. The smallest absolute Gasteiger partial charge is 0.235 e. The van der Waals surface area contributed by atoms with Gasteiger partial charge in [-0.25, -0.2) is 4.99 Å². The van der Waals surface area contributed by atoms with Gasteiger partial charge in [-0.15, -0.1) is 0 Å². The monoisotopic (exact) mass is 370 g/mol. The van der Waals surface area contributed by atoms with Crippen molar-refractivity contribution in [3.05, 3.63) is 76.9 Å². The highest BCUT2D eigenvalue weighted by atomic mass is 16.2. The van der Waals surface area contributed by atoms with Crippen molar-refractivity contribution in [1.29, 1.82) is 5.26 Å². The van der Waals surface area contributed by atoms with Crippen LogP contribution in [0.2, 0.25) is 0 Å². The molecule has 0 fully saturated rings. The number of nitriles is 1. The molecule has 0 radical (unpaired) electrons. The molecule has 1 amide bonds. The zero-order chi connectivity index (χ0) is 19.9. The van der Waals surface area contributed by atoms with Gasteiger partial charge in [-0.05, 0) is 48.1 Å². The van der Waals surface area contributed by atoms with Gasteiger partial charge >= 0.3 is 0 Å². The SMILES string of the molecule is CN1C(=O)[C@@H](C2C=Cc3ccccc3C2)[C@@](C)(c2cccc(C#N)c2)N=C1N. The van der Waals surface area contributed by atoms with Gasteiger partial charge in [0.15, 0.2) is 5.96 Å². The minimum Gasteiger partial charge on any atom is -0.369 e. The van der Waals surface area contributed by atoms with Crippen LogP contribution in [-0.4, -0.2) is 23.8 Å². The second-order valence-electron chi connectivity index (χ2n) is 7.61. The van der Waals surface area contributed by atoms with Crippen LogP contribution in [0.1, 0.15) is 29.2 Å². The molecule has 2 aromatic rings. The fourth-order valence-electron chi connectivity index (χ4n) is 4.35. The van der Waals surface area contributed by atoms with E-state index in [0.29, 0.717) is 5.56 Å². The summed E-state index contributed by atoms with van der Waals surface area (Å²) in [5.74, 6) is -0.279. The van der Waals surface area contributed by atoms with Crippen LogP contribution in [0.5, 0.6) is 0 Å². The van der Waals surface area contributed by atoms with E-state index >= 15 is 0 Å². The Morgan fingerprint density at radius 3 is 2.82 bits per heavy atom. The molecule has 28 heavy (non-hydrogen) atoms. The Bertz CT molecular complexity index is 1050. The van der Waals surface area contributed by atoms with Crippen molar-refractivity contribution in [3.63, 3.8) is 0 Å². The number of nitrogens with two attached hydrogens (primary N) is 1. The first-order valence-electron chi connectivity index (χ1n) is 9.33. The molecule has 3 atom stereocenters. The Balaban J connectivity index is 1.83. The summed E-state index contributed by atoms with van der Waals surface area (Å²) in [5.41, 5.74) is 9.03. The van der Waals surface area contributed by atoms with Gasteiger partial charge < -0.3 is 5.73 Å². The number of hydrogen-bond acceptors (Lipinski definition) is 4. The summed E-state index contributed by atoms with van der Waals surface area (Å²) in [6.45, 7) is 1.94. The van der Waals surface area contributed by atoms with Crippen molar-refractivity contribution in [1.82, 2.24) is 4.90 Å². The number of guanidine groups is 1. The molecule has 0 aromatic heterocycles. The van der Waals surface area contributed by atoms with Crippen molar-refractivity contribution in [2.24, 2.45) is 22.6 Å². The van der Waals surface area contributed by atoms with Gasteiger partial charge in [0.25, 0.3) is 0 Å². The number of rotatable bonds is 2. The molecule has 0 saturated carbocycles. The molecule has 2 N–H and O–H groups in total. The van der Waals surface area contributed by atoms with E-state index < -0.39 is 11.5 Å². The van der Waals surface area contributed by atoms with Gasteiger partial charge in [-0.2, -0.15) is 5.26 Å². The minimum atomic E-state index is -0.845.